The molecule has 2 N–H and O–H groups in total. The van der Waals surface area contributed by atoms with Crippen LogP contribution in [0.4, 0.5) is 41.6 Å². The zero-order valence-electron chi connectivity index (χ0n) is 31.2. The van der Waals surface area contributed by atoms with Crippen LogP contribution in [0, 0.1) is 17.6 Å². The highest BCUT2D eigenvalue weighted by molar-refractivity contribution is 7.22. The van der Waals surface area contributed by atoms with Crippen LogP contribution >= 0.6 is 11.3 Å². The zero-order valence-corrected chi connectivity index (χ0v) is 32.1. The lowest BCUT2D eigenvalue weighted by Gasteiger charge is -2.35. The van der Waals surface area contributed by atoms with Crippen LogP contribution < -0.4 is 20.4 Å². The fourth-order valence-electron chi connectivity index (χ4n) is 8.74. The molecule has 2 aromatic carbocycles. The summed E-state index contributed by atoms with van der Waals surface area (Å²) in [6.07, 6.45) is -1.97. The fraction of sp³-hybridized carbons (Fsp3) is 0.317. The fourth-order valence-corrected chi connectivity index (χ4v) is 9.74. The van der Waals surface area contributed by atoms with E-state index in [0.717, 1.165) is 23.4 Å². The monoisotopic (exact) mass is 847 g/mol. The van der Waals surface area contributed by atoms with E-state index in [4.69, 9.17) is 9.97 Å². The molecule has 2 aliphatic heterocycles. The van der Waals surface area contributed by atoms with Crippen molar-refractivity contribution in [2.75, 3.05) is 36.0 Å². The summed E-state index contributed by atoms with van der Waals surface area (Å²) in [5, 5.41) is 9.68. The van der Waals surface area contributed by atoms with E-state index in [1.807, 2.05) is 12.1 Å². The summed E-state index contributed by atoms with van der Waals surface area (Å²) in [5.41, 5.74) is 0.705. The van der Waals surface area contributed by atoms with E-state index in [9.17, 15) is 31.5 Å². The van der Waals surface area contributed by atoms with Crippen LogP contribution in [-0.4, -0.2) is 62.7 Å². The molecule has 1 saturated carbocycles. The number of nitrogens with one attached hydrogen (secondary N) is 2. The van der Waals surface area contributed by atoms with Gasteiger partial charge < -0.3 is 20.4 Å². The molecule has 3 atom stereocenters. The van der Waals surface area contributed by atoms with E-state index in [0.29, 0.717) is 70.0 Å². The number of halogens is 7. The summed E-state index contributed by atoms with van der Waals surface area (Å²) in [6.45, 7) is 2.00. The quantitative estimate of drug-likeness (QED) is 0.148. The number of benzene rings is 2. The summed E-state index contributed by atoms with van der Waals surface area (Å²) in [7, 11) is 0. The first kappa shape index (κ1) is 38.1. The molecule has 1 unspecified atom stereocenters. The standard InChI is InChI=1S/C41H32F7N9O2S/c42-23-11-20(12-24(43)15-23)13-30(51-32(58)19-57-36-33(35(54-57)41(46,47)48)28-16-29(28)40(36,44)45)34-26(21-1-2-22-18-50-38(59)27(22)14-21)17-31-37(52-34)53-39(60-31)56-9-7-55(8-10-56)25-3-5-49-6-4-25/h1-6,11-12,14-15,17,28-30H,7-10,13,16,18-19H2,(H,50,59)(H,51,58)/t28?,29-,30-/m1/s1. The topological polar surface area (TPSA) is 121 Å². The minimum atomic E-state index is -5.04. The lowest BCUT2D eigenvalue weighted by atomic mass is 9.93. The number of anilines is 2. The van der Waals surface area contributed by atoms with Crippen molar-refractivity contribution in [3.05, 3.63) is 118 Å². The number of carbonyl (C=O) groups is 2. The highest BCUT2D eigenvalue weighted by atomic mass is 32.1. The van der Waals surface area contributed by atoms with Gasteiger partial charge in [-0.25, -0.2) is 13.8 Å². The average Bonchev–Trinajstić information content (AvgIpc) is 3.44. The Hall–Kier alpha value is -6.11. The Morgan fingerprint density at radius 2 is 1.68 bits per heavy atom. The Morgan fingerprint density at radius 3 is 2.42 bits per heavy atom. The average molecular weight is 848 g/mol. The highest BCUT2D eigenvalue weighted by Crippen LogP contribution is 2.68. The van der Waals surface area contributed by atoms with E-state index in [2.05, 4.69) is 30.5 Å². The second-order valence-electron chi connectivity index (χ2n) is 15.4. The van der Waals surface area contributed by atoms with E-state index in [-0.39, 0.29) is 35.7 Å². The zero-order chi connectivity index (χ0) is 41.7. The Bertz CT molecular complexity index is 2690. The molecule has 19 heteroatoms. The number of amides is 2. The van der Waals surface area contributed by atoms with Gasteiger partial charge in [-0.15, -0.1) is 0 Å². The molecule has 11 nitrogen and oxygen atoms in total. The number of hydrogen-bond donors (Lipinski definition) is 2. The van der Waals surface area contributed by atoms with Crippen molar-refractivity contribution in [3.63, 3.8) is 0 Å². The Balaban J connectivity index is 1.04. The molecule has 2 amide bonds. The van der Waals surface area contributed by atoms with Gasteiger partial charge >= 0.3 is 6.18 Å². The Morgan fingerprint density at radius 1 is 0.950 bits per heavy atom. The number of pyridine rings is 2. The number of aromatic nitrogens is 5. The molecule has 308 valence electrons. The van der Waals surface area contributed by atoms with Crippen molar-refractivity contribution < 1.29 is 40.3 Å². The smallest absolute Gasteiger partial charge is 0.368 e. The van der Waals surface area contributed by atoms with Crippen LogP contribution in [0.25, 0.3) is 21.5 Å². The Kier molecular flexibility index (Phi) is 8.89. The normalized spacial score (nSPS) is 19.6. The number of rotatable bonds is 9. The number of alkyl halides is 5. The molecule has 4 aliphatic rings. The summed E-state index contributed by atoms with van der Waals surface area (Å²) in [5.74, 6) is -9.05. The van der Waals surface area contributed by atoms with Crippen LogP contribution in [0.3, 0.4) is 0 Å². The third-order valence-corrected chi connectivity index (χ3v) is 12.7. The number of thiazole rings is 1. The summed E-state index contributed by atoms with van der Waals surface area (Å²) in [4.78, 5) is 45.0. The third kappa shape index (κ3) is 6.67. The molecule has 4 aromatic heterocycles. The molecule has 2 aliphatic carbocycles. The van der Waals surface area contributed by atoms with Crippen molar-refractivity contribution in [1.82, 2.24) is 35.4 Å². The predicted octanol–water partition coefficient (Wildman–Crippen LogP) is 7.13. The molecule has 2 fully saturated rings. The predicted molar refractivity (Wildman–Crippen MR) is 206 cm³/mol. The lowest BCUT2D eigenvalue weighted by Crippen LogP contribution is -2.46. The summed E-state index contributed by atoms with van der Waals surface area (Å²) in [6, 6.07) is 12.5. The van der Waals surface area contributed by atoms with Crippen LogP contribution in [0.5, 0.6) is 0 Å². The first-order chi connectivity index (χ1) is 28.7. The van der Waals surface area contributed by atoms with Gasteiger partial charge in [0, 0.05) is 79.5 Å². The molecule has 0 spiro atoms. The van der Waals surface area contributed by atoms with Crippen molar-refractivity contribution in [2.45, 2.75) is 50.0 Å². The van der Waals surface area contributed by atoms with Gasteiger partial charge in [-0.3, -0.25) is 19.3 Å². The van der Waals surface area contributed by atoms with Gasteiger partial charge in [-0.1, -0.05) is 23.5 Å². The Labute approximate surface area is 340 Å². The molecule has 0 bridgehead atoms. The van der Waals surface area contributed by atoms with Gasteiger partial charge in [-0.05, 0) is 71.8 Å². The maximum Gasteiger partial charge on any atom is 0.435 e. The van der Waals surface area contributed by atoms with E-state index in [1.165, 1.54) is 11.3 Å². The molecule has 1 saturated heterocycles. The molecule has 10 rings (SSSR count). The van der Waals surface area contributed by atoms with Gasteiger partial charge in [0.1, 0.15) is 23.9 Å². The second-order valence-corrected chi connectivity index (χ2v) is 16.4. The largest absolute Gasteiger partial charge is 0.435 e. The van der Waals surface area contributed by atoms with Crippen molar-refractivity contribution in [2.24, 2.45) is 5.92 Å². The number of carbonyl (C=O) groups excluding carboxylic acids is 2. The van der Waals surface area contributed by atoms with Crippen molar-refractivity contribution in [1.29, 1.82) is 0 Å². The van der Waals surface area contributed by atoms with E-state index >= 15 is 8.78 Å². The summed E-state index contributed by atoms with van der Waals surface area (Å²) >= 11 is 1.38. The molecule has 0 radical (unpaired) electrons. The molecule has 60 heavy (non-hydrogen) atoms. The van der Waals surface area contributed by atoms with E-state index in [1.54, 1.807) is 36.7 Å². The maximum absolute atomic E-state index is 15.4. The number of piperazine rings is 1. The minimum absolute atomic E-state index is 0.0935. The van der Waals surface area contributed by atoms with Crippen LogP contribution in [0.1, 0.15) is 62.5 Å². The molecule has 6 aromatic rings. The number of hydrogen-bond acceptors (Lipinski definition) is 9. The van der Waals surface area contributed by atoms with Crippen LogP contribution in [-0.2, 0) is 36.4 Å². The van der Waals surface area contributed by atoms with Crippen LogP contribution in [0.15, 0.2) is 67.0 Å². The second kappa shape index (κ2) is 14.0. The van der Waals surface area contributed by atoms with E-state index < -0.39 is 71.0 Å². The van der Waals surface area contributed by atoms with Gasteiger partial charge in [0.05, 0.1) is 16.4 Å². The molecule has 6 heterocycles. The minimum Gasteiger partial charge on any atom is -0.368 e. The highest BCUT2D eigenvalue weighted by Gasteiger charge is 2.68. The van der Waals surface area contributed by atoms with Gasteiger partial charge in [-0.2, -0.15) is 32.0 Å². The SMILES string of the molecule is O=C(Cn1nc(C(F)(F)F)c2c1C(F)(F)[C@@H]1CC21)N[C@H](Cc1cc(F)cc(F)c1)c1nc2nc(N3CCN(c4ccncc4)CC3)sc2cc1-c1ccc2c(c1)C(=O)NC2. The van der Waals surface area contributed by atoms with Gasteiger partial charge in [0.25, 0.3) is 11.8 Å². The maximum atomic E-state index is 15.4. The summed E-state index contributed by atoms with van der Waals surface area (Å²) < 4.78 is 103. The first-order valence-corrected chi connectivity index (χ1v) is 20.0. The van der Waals surface area contributed by atoms with Gasteiger partial charge in [0.15, 0.2) is 16.5 Å². The number of nitrogens with zero attached hydrogens (tertiary/aromatic N) is 7. The van der Waals surface area contributed by atoms with Crippen LogP contribution in [0.2, 0.25) is 0 Å². The molecular weight excluding hydrogens is 816 g/mol. The number of fused-ring (bicyclic) bond motifs is 5. The van der Waals surface area contributed by atoms with Gasteiger partial charge in [0.2, 0.25) is 5.91 Å². The van der Waals surface area contributed by atoms with Crippen molar-refractivity contribution >= 4 is 44.3 Å². The first-order valence-electron chi connectivity index (χ1n) is 19.1. The lowest BCUT2D eigenvalue weighted by molar-refractivity contribution is -0.142. The van der Waals surface area contributed by atoms with Crippen molar-refractivity contribution in [3.8, 4) is 11.1 Å². The third-order valence-electron chi connectivity index (χ3n) is 11.6. The molecular formula is C41H32F7N9O2S.